The van der Waals surface area contributed by atoms with Gasteiger partial charge in [-0.15, -0.1) is 0 Å². The van der Waals surface area contributed by atoms with Gasteiger partial charge in [-0.3, -0.25) is 0 Å². The molecule has 1 N–H and O–H groups in total. The van der Waals surface area contributed by atoms with Gasteiger partial charge in [0.2, 0.25) is 0 Å². The van der Waals surface area contributed by atoms with Crippen LogP contribution in [0, 0.1) is 0 Å². The summed E-state index contributed by atoms with van der Waals surface area (Å²) in [5.74, 6) is 0. The predicted octanol–water partition coefficient (Wildman–Crippen LogP) is 2.51. The fourth-order valence-corrected chi connectivity index (χ4v) is 1.36. The summed E-state index contributed by atoms with van der Waals surface area (Å²) < 4.78 is 5.57. The SMILES string of the molecule is CCC(C)(C)NCC(C)N(C)CCOC(C)C. The van der Waals surface area contributed by atoms with E-state index in [0.717, 1.165) is 26.1 Å². The van der Waals surface area contributed by atoms with E-state index in [0.29, 0.717) is 12.1 Å². The first-order valence-corrected chi connectivity index (χ1v) is 6.85. The van der Waals surface area contributed by atoms with Gasteiger partial charge in [-0.2, -0.15) is 0 Å². The van der Waals surface area contributed by atoms with Crippen molar-refractivity contribution in [3.63, 3.8) is 0 Å². The predicted molar refractivity (Wildman–Crippen MR) is 75.6 cm³/mol. The normalized spacial score (nSPS) is 14.6. The van der Waals surface area contributed by atoms with Gasteiger partial charge in [-0.25, -0.2) is 0 Å². The number of ether oxygens (including phenoxy) is 1. The van der Waals surface area contributed by atoms with Gasteiger partial charge in [0.15, 0.2) is 0 Å². The summed E-state index contributed by atoms with van der Waals surface area (Å²) in [5.41, 5.74) is 0.240. The van der Waals surface area contributed by atoms with Crippen LogP contribution >= 0.6 is 0 Å². The monoisotopic (exact) mass is 244 g/mol. The molecular weight excluding hydrogens is 212 g/mol. The van der Waals surface area contributed by atoms with E-state index in [1.54, 1.807) is 0 Å². The molecule has 3 heteroatoms. The van der Waals surface area contributed by atoms with E-state index in [1.165, 1.54) is 0 Å². The summed E-state index contributed by atoms with van der Waals surface area (Å²) >= 11 is 0. The number of rotatable bonds is 9. The van der Waals surface area contributed by atoms with Crippen molar-refractivity contribution in [3.05, 3.63) is 0 Å². The topological polar surface area (TPSA) is 24.5 Å². The van der Waals surface area contributed by atoms with Crippen LogP contribution in [0.25, 0.3) is 0 Å². The van der Waals surface area contributed by atoms with Gasteiger partial charge in [0.05, 0.1) is 12.7 Å². The van der Waals surface area contributed by atoms with Crippen molar-refractivity contribution >= 4 is 0 Å². The summed E-state index contributed by atoms with van der Waals surface area (Å²) in [6, 6.07) is 0.539. The van der Waals surface area contributed by atoms with Gasteiger partial charge in [-0.1, -0.05) is 6.92 Å². The quantitative estimate of drug-likeness (QED) is 0.674. The van der Waals surface area contributed by atoms with E-state index in [-0.39, 0.29) is 5.54 Å². The zero-order valence-electron chi connectivity index (χ0n) is 12.8. The molecule has 0 saturated carbocycles. The molecule has 0 saturated heterocycles. The average molecular weight is 244 g/mol. The lowest BCUT2D eigenvalue weighted by Gasteiger charge is -2.31. The van der Waals surface area contributed by atoms with Gasteiger partial charge in [0, 0.05) is 24.7 Å². The Bertz CT molecular complexity index is 193. The van der Waals surface area contributed by atoms with E-state index >= 15 is 0 Å². The zero-order chi connectivity index (χ0) is 13.5. The Labute approximate surface area is 108 Å². The van der Waals surface area contributed by atoms with E-state index in [2.05, 4.69) is 58.8 Å². The van der Waals surface area contributed by atoms with Crippen LogP contribution in [-0.2, 0) is 4.74 Å². The highest BCUT2D eigenvalue weighted by molar-refractivity contribution is 4.78. The largest absolute Gasteiger partial charge is 0.377 e. The van der Waals surface area contributed by atoms with Gasteiger partial charge in [0.1, 0.15) is 0 Å². The maximum Gasteiger partial charge on any atom is 0.0596 e. The van der Waals surface area contributed by atoms with Crippen LogP contribution in [0.5, 0.6) is 0 Å². The van der Waals surface area contributed by atoms with Crippen LogP contribution in [0.4, 0.5) is 0 Å². The Morgan fingerprint density at radius 1 is 1.24 bits per heavy atom. The van der Waals surface area contributed by atoms with Gasteiger partial charge in [0.25, 0.3) is 0 Å². The summed E-state index contributed by atoms with van der Waals surface area (Å²) in [6.07, 6.45) is 1.48. The van der Waals surface area contributed by atoms with Gasteiger partial charge in [-0.05, 0) is 48.1 Å². The molecule has 0 bridgehead atoms. The van der Waals surface area contributed by atoms with Crippen molar-refractivity contribution in [2.75, 3.05) is 26.7 Å². The first-order chi connectivity index (χ1) is 7.78. The maximum atomic E-state index is 5.57. The lowest BCUT2D eigenvalue weighted by molar-refractivity contribution is 0.0567. The third-order valence-corrected chi connectivity index (χ3v) is 3.41. The number of nitrogens with one attached hydrogen (secondary N) is 1. The fraction of sp³-hybridized carbons (Fsp3) is 1.00. The number of nitrogens with zero attached hydrogens (tertiary/aromatic N) is 1. The Morgan fingerprint density at radius 2 is 1.82 bits per heavy atom. The standard InChI is InChI=1S/C14H32N2O/c1-8-14(5,6)15-11-13(4)16(7)9-10-17-12(2)3/h12-13,15H,8-11H2,1-7H3. The first-order valence-electron chi connectivity index (χ1n) is 6.85. The summed E-state index contributed by atoms with van der Waals surface area (Å²) in [5, 5.41) is 3.61. The van der Waals surface area contributed by atoms with Crippen LogP contribution in [-0.4, -0.2) is 49.3 Å². The van der Waals surface area contributed by atoms with E-state index in [4.69, 9.17) is 4.74 Å². The Hall–Kier alpha value is -0.120. The van der Waals surface area contributed by atoms with Gasteiger partial charge < -0.3 is 15.0 Å². The van der Waals surface area contributed by atoms with Gasteiger partial charge >= 0.3 is 0 Å². The molecule has 104 valence electrons. The lowest BCUT2D eigenvalue weighted by Crippen LogP contribution is -2.47. The fourth-order valence-electron chi connectivity index (χ4n) is 1.36. The smallest absolute Gasteiger partial charge is 0.0596 e. The molecular formula is C14H32N2O. The second kappa shape index (κ2) is 8.06. The van der Waals surface area contributed by atoms with Crippen molar-refractivity contribution in [3.8, 4) is 0 Å². The molecule has 0 radical (unpaired) electrons. The molecule has 17 heavy (non-hydrogen) atoms. The molecule has 0 spiro atoms. The Morgan fingerprint density at radius 3 is 2.29 bits per heavy atom. The average Bonchev–Trinajstić information content (AvgIpc) is 2.25. The first kappa shape index (κ1) is 16.9. The van der Waals surface area contributed by atoms with Crippen molar-refractivity contribution in [1.82, 2.24) is 10.2 Å². The van der Waals surface area contributed by atoms with Crippen molar-refractivity contribution in [2.24, 2.45) is 0 Å². The highest BCUT2D eigenvalue weighted by Crippen LogP contribution is 2.07. The summed E-state index contributed by atoms with van der Waals surface area (Å²) in [6.45, 7) is 16.0. The lowest BCUT2D eigenvalue weighted by atomic mass is 10.0. The molecule has 0 rings (SSSR count). The molecule has 0 fully saturated rings. The molecule has 0 aliphatic heterocycles. The zero-order valence-corrected chi connectivity index (χ0v) is 12.8. The third-order valence-electron chi connectivity index (χ3n) is 3.41. The number of hydrogen-bond donors (Lipinski definition) is 1. The minimum atomic E-state index is 0.240. The molecule has 0 aromatic heterocycles. The van der Waals surface area contributed by atoms with E-state index in [1.807, 2.05) is 0 Å². The van der Waals surface area contributed by atoms with Crippen molar-refractivity contribution < 1.29 is 4.74 Å². The number of hydrogen-bond acceptors (Lipinski definition) is 3. The molecule has 0 aromatic carbocycles. The Kier molecular flexibility index (Phi) is 8.01. The van der Waals surface area contributed by atoms with E-state index < -0.39 is 0 Å². The van der Waals surface area contributed by atoms with Crippen molar-refractivity contribution in [2.45, 2.75) is 65.6 Å². The number of likely N-dealkylation sites (N-methyl/N-ethyl adjacent to an activating group) is 1. The van der Waals surface area contributed by atoms with Crippen molar-refractivity contribution in [1.29, 1.82) is 0 Å². The highest BCUT2D eigenvalue weighted by Gasteiger charge is 2.16. The molecule has 0 aliphatic rings. The minimum absolute atomic E-state index is 0.240. The van der Waals surface area contributed by atoms with Crippen LogP contribution in [0.2, 0.25) is 0 Å². The Balaban J connectivity index is 3.78. The van der Waals surface area contributed by atoms with Crippen LogP contribution in [0.3, 0.4) is 0 Å². The highest BCUT2D eigenvalue weighted by atomic mass is 16.5. The van der Waals surface area contributed by atoms with Crippen LogP contribution < -0.4 is 5.32 Å². The maximum absolute atomic E-state index is 5.57. The molecule has 0 aromatic rings. The summed E-state index contributed by atoms with van der Waals surface area (Å²) in [7, 11) is 2.16. The second-order valence-corrected chi connectivity index (χ2v) is 5.87. The minimum Gasteiger partial charge on any atom is -0.377 e. The molecule has 1 unspecified atom stereocenters. The molecule has 0 heterocycles. The van der Waals surface area contributed by atoms with E-state index in [9.17, 15) is 0 Å². The van der Waals surface area contributed by atoms with Crippen LogP contribution in [0.15, 0.2) is 0 Å². The second-order valence-electron chi connectivity index (χ2n) is 5.87. The summed E-state index contributed by atoms with van der Waals surface area (Å²) in [4.78, 5) is 2.35. The van der Waals surface area contributed by atoms with Crippen LogP contribution in [0.1, 0.15) is 48.0 Å². The molecule has 1 atom stereocenters. The molecule has 3 nitrogen and oxygen atoms in total. The third kappa shape index (κ3) is 8.58. The molecule has 0 aliphatic carbocycles. The molecule has 0 amide bonds.